The van der Waals surface area contributed by atoms with Gasteiger partial charge in [-0.1, -0.05) is 19.1 Å². The average Bonchev–Trinajstić information content (AvgIpc) is 2.27. The second-order valence-electron chi connectivity index (χ2n) is 3.53. The predicted octanol–water partition coefficient (Wildman–Crippen LogP) is 1.60. The second-order valence-corrected chi connectivity index (χ2v) is 3.53. The monoisotopic (exact) mass is 209 g/mol. The Kier molecular flexibility index (Phi) is 5.15. The van der Waals surface area contributed by atoms with Crippen molar-refractivity contribution in [3.63, 3.8) is 0 Å². The minimum atomic E-state index is -0.0692. The molecule has 1 aromatic carbocycles. The van der Waals surface area contributed by atoms with Crippen LogP contribution in [0.4, 0.5) is 0 Å². The van der Waals surface area contributed by atoms with E-state index in [0.29, 0.717) is 13.2 Å². The summed E-state index contributed by atoms with van der Waals surface area (Å²) in [5.74, 6) is 0.876. The van der Waals surface area contributed by atoms with Crippen molar-refractivity contribution in [2.24, 2.45) is 5.73 Å². The summed E-state index contributed by atoms with van der Waals surface area (Å²) in [4.78, 5) is 0. The first kappa shape index (κ1) is 12.0. The Morgan fingerprint density at radius 3 is 2.80 bits per heavy atom. The molecule has 15 heavy (non-hydrogen) atoms. The Morgan fingerprint density at radius 1 is 1.33 bits per heavy atom. The molecule has 0 spiro atoms. The van der Waals surface area contributed by atoms with Gasteiger partial charge in [-0.2, -0.15) is 0 Å². The van der Waals surface area contributed by atoms with E-state index >= 15 is 0 Å². The maximum atomic E-state index is 5.75. The zero-order valence-corrected chi connectivity index (χ0v) is 9.40. The van der Waals surface area contributed by atoms with Crippen molar-refractivity contribution in [3.05, 3.63) is 29.8 Å². The van der Waals surface area contributed by atoms with Crippen LogP contribution in [0.5, 0.6) is 5.75 Å². The van der Waals surface area contributed by atoms with Gasteiger partial charge in [-0.15, -0.1) is 0 Å². The summed E-state index contributed by atoms with van der Waals surface area (Å²) in [5.41, 5.74) is 7.02. The van der Waals surface area contributed by atoms with Crippen LogP contribution in [0, 0.1) is 0 Å². The van der Waals surface area contributed by atoms with Crippen LogP contribution in [-0.4, -0.2) is 26.4 Å². The van der Waals surface area contributed by atoms with Crippen molar-refractivity contribution in [2.75, 3.05) is 20.3 Å². The molecule has 0 heterocycles. The van der Waals surface area contributed by atoms with Gasteiger partial charge in [-0.25, -0.2) is 0 Å². The van der Waals surface area contributed by atoms with Crippen molar-refractivity contribution in [2.45, 2.75) is 19.4 Å². The van der Waals surface area contributed by atoms with Gasteiger partial charge in [0, 0.05) is 7.11 Å². The van der Waals surface area contributed by atoms with Gasteiger partial charge in [0.1, 0.15) is 12.4 Å². The summed E-state index contributed by atoms with van der Waals surface area (Å²) in [5, 5.41) is 0. The Balaban J connectivity index is 2.43. The van der Waals surface area contributed by atoms with E-state index in [-0.39, 0.29) is 6.04 Å². The Hall–Kier alpha value is -1.06. The topological polar surface area (TPSA) is 44.5 Å². The minimum absolute atomic E-state index is 0.0692. The highest BCUT2D eigenvalue weighted by atomic mass is 16.5. The van der Waals surface area contributed by atoms with Crippen molar-refractivity contribution < 1.29 is 9.47 Å². The number of nitrogens with two attached hydrogens (primary N) is 1. The van der Waals surface area contributed by atoms with Crippen LogP contribution in [-0.2, 0) is 11.2 Å². The fraction of sp³-hybridized carbons (Fsp3) is 0.500. The lowest BCUT2D eigenvalue weighted by Crippen LogP contribution is -2.32. The van der Waals surface area contributed by atoms with E-state index in [2.05, 4.69) is 13.0 Å². The van der Waals surface area contributed by atoms with Crippen LogP contribution in [0.15, 0.2) is 24.3 Å². The summed E-state index contributed by atoms with van der Waals surface area (Å²) in [6, 6.07) is 8.00. The van der Waals surface area contributed by atoms with Gasteiger partial charge in [0.25, 0.3) is 0 Å². The van der Waals surface area contributed by atoms with Crippen LogP contribution < -0.4 is 10.5 Å². The largest absolute Gasteiger partial charge is 0.492 e. The molecule has 0 saturated heterocycles. The van der Waals surface area contributed by atoms with Crippen LogP contribution in [0.25, 0.3) is 0 Å². The first-order valence-electron chi connectivity index (χ1n) is 5.22. The van der Waals surface area contributed by atoms with E-state index in [1.54, 1.807) is 7.11 Å². The molecule has 1 atom stereocenters. The summed E-state index contributed by atoms with van der Waals surface area (Å²) in [7, 11) is 1.64. The second kappa shape index (κ2) is 6.43. The molecule has 84 valence electrons. The lowest BCUT2D eigenvalue weighted by Gasteiger charge is -2.12. The molecule has 1 unspecified atom stereocenters. The Morgan fingerprint density at radius 2 is 2.13 bits per heavy atom. The quantitative estimate of drug-likeness (QED) is 0.774. The summed E-state index contributed by atoms with van der Waals surface area (Å²) in [6.45, 7) is 3.13. The summed E-state index contributed by atoms with van der Waals surface area (Å²) < 4.78 is 10.5. The summed E-state index contributed by atoms with van der Waals surface area (Å²) in [6.07, 6.45) is 1.02. The van der Waals surface area contributed by atoms with E-state index in [1.807, 2.05) is 18.2 Å². The van der Waals surface area contributed by atoms with Gasteiger partial charge in [0.15, 0.2) is 0 Å². The van der Waals surface area contributed by atoms with Gasteiger partial charge >= 0.3 is 0 Å². The van der Waals surface area contributed by atoms with E-state index in [4.69, 9.17) is 15.2 Å². The van der Waals surface area contributed by atoms with Crippen molar-refractivity contribution in [1.82, 2.24) is 0 Å². The number of hydrogen-bond donors (Lipinski definition) is 1. The molecule has 0 bridgehead atoms. The van der Waals surface area contributed by atoms with E-state index in [0.717, 1.165) is 12.2 Å². The van der Waals surface area contributed by atoms with E-state index in [1.165, 1.54) is 5.56 Å². The molecule has 0 aliphatic heterocycles. The number of rotatable bonds is 6. The zero-order valence-electron chi connectivity index (χ0n) is 9.40. The van der Waals surface area contributed by atoms with Crippen LogP contribution in [0.1, 0.15) is 12.5 Å². The molecule has 0 aliphatic rings. The molecule has 0 fully saturated rings. The molecular formula is C12H19NO2. The summed E-state index contributed by atoms with van der Waals surface area (Å²) >= 11 is 0. The Bertz CT molecular complexity index is 289. The van der Waals surface area contributed by atoms with E-state index in [9.17, 15) is 0 Å². The first-order chi connectivity index (χ1) is 7.26. The van der Waals surface area contributed by atoms with Gasteiger partial charge in [-0.3, -0.25) is 0 Å². The average molecular weight is 209 g/mol. The molecule has 3 nitrogen and oxygen atoms in total. The zero-order chi connectivity index (χ0) is 11.1. The number of ether oxygens (including phenoxy) is 2. The van der Waals surface area contributed by atoms with Crippen molar-refractivity contribution in [3.8, 4) is 5.75 Å². The minimum Gasteiger partial charge on any atom is -0.492 e. The molecule has 0 aliphatic carbocycles. The number of methoxy groups -OCH3 is 1. The molecule has 1 rings (SSSR count). The molecule has 0 aromatic heterocycles. The van der Waals surface area contributed by atoms with Crippen LogP contribution in [0.3, 0.4) is 0 Å². The maximum absolute atomic E-state index is 5.75. The van der Waals surface area contributed by atoms with Gasteiger partial charge in [0.05, 0.1) is 12.6 Å². The SMILES string of the molecule is CCc1cccc(OCC(N)COC)c1. The number of hydrogen-bond acceptors (Lipinski definition) is 3. The first-order valence-corrected chi connectivity index (χ1v) is 5.22. The molecule has 0 radical (unpaired) electrons. The lowest BCUT2D eigenvalue weighted by molar-refractivity contribution is 0.152. The molecule has 3 heteroatoms. The van der Waals surface area contributed by atoms with Gasteiger partial charge in [-0.05, 0) is 24.1 Å². The fourth-order valence-corrected chi connectivity index (χ4v) is 1.32. The van der Waals surface area contributed by atoms with Gasteiger partial charge in [0.2, 0.25) is 0 Å². The highest BCUT2D eigenvalue weighted by Crippen LogP contribution is 2.13. The fourth-order valence-electron chi connectivity index (χ4n) is 1.32. The van der Waals surface area contributed by atoms with Gasteiger partial charge < -0.3 is 15.2 Å². The predicted molar refractivity (Wildman–Crippen MR) is 61.2 cm³/mol. The van der Waals surface area contributed by atoms with Crippen molar-refractivity contribution in [1.29, 1.82) is 0 Å². The van der Waals surface area contributed by atoms with E-state index < -0.39 is 0 Å². The smallest absolute Gasteiger partial charge is 0.119 e. The van der Waals surface area contributed by atoms with Crippen LogP contribution >= 0.6 is 0 Å². The lowest BCUT2D eigenvalue weighted by atomic mass is 10.2. The highest BCUT2D eigenvalue weighted by Gasteiger charge is 2.02. The highest BCUT2D eigenvalue weighted by molar-refractivity contribution is 5.28. The molecule has 0 amide bonds. The maximum Gasteiger partial charge on any atom is 0.119 e. The third kappa shape index (κ3) is 4.32. The molecule has 1 aromatic rings. The third-order valence-electron chi connectivity index (χ3n) is 2.15. The Labute approximate surface area is 91.2 Å². The van der Waals surface area contributed by atoms with Crippen molar-refractivity contribution >= 4 is 0 Å². The molecule has 0 saturated carbocycles. The number of benzene rings is 1. The van der Waals surface area contributed by atoms with Crippen LogP contribution in [0.2, 0.25) is 0 Å². The molecule has 2 N–H and O–H groups in total. The third-order valence-corrected chi connectivity index (χ3v) is 2.15. The number of aryl methyl sites for hydroxylation is 1. The standard InChI is InChI=1S/C12H19NO2/c1-3-10-5-4-6-12(7-10)15-9-11(13)8-14-2/h4-7,11H,3,8-9,13H2,1-2H3. The normalized spacial score (nSPS) is 12.5. The molecular weight excluding hydrogens is 190 g/mol.